The largest absolute Gasteiger partial charge is 0.487 e. The molecule has 14 heavy (non-hydrogen) atoms. The predicted molar refractivity (Wildman–Crippen MR) is 62.8 cm³/mol. The Morgan fingerprint density at radius 1 is 1.43 bits per heavy atom. The predicted octanol–water partition coefficient (Wildman–Crippen LogP) is 4.13. The van der Waals surface area contributed by atoms with Gasteiger partial charge in [-0.25, -0.2) is 0 Å². The highest BCUT2D eigenvalue weighted by atomic mass is 35.5. The molecule has 74 valence electrons. The van der Waals surface area contributed by atoms with E-state index in [0.717, 1.165) is 21.9 Å². The quantitative estimate of drug-likeness (QED) is 0.749. The van der Waals surface area contributed by atoms with Crippen LogP contribution in [0.15, 0.2) is 18.2 Å². The second-order valence-corrected chi connectivity index (χ2v) is 4.49. The average molecular weight is 227 g/mol. The van der Waals surface area contributed by atoms with Crippen LogP contribution in [0.4, 0.5) is 0 Å². The molecule has 0 bridgehead atoms. The Balaban J connectivity index is 2.74. The number of methoxy groups -OCH3 is 1. The van der Waals surface area contributed by atoms with E-state index in [1.807, 2.05) is 12.1 Å². The number of hydrogen-bond acceptors (Lipinski definition) is 2. The Morgan fingerprint density at radius 3 is 2.86 bits per heavy atom. The number of halogens is 1. The van der Waals surface area contributed by atoms with Crippen LogP contribution in [-0.4, -0.2) is 7.11 Å². The fraction of sp³-hybridized carbons (Fsp3) is 0.273. The first-order valence-corrected chi connectivity index (χ1v) is 5.70. The van der Waals surface area contributed by atoms with Crippen molar-refractivity contribution in [3.8, 4) is 5.06 Å². The summed E-state index contributed by atoms with van der Waals surface area (Å²) in [6, 6.07) is 6.04. The van der Waals surface area contributed by atoms with Gasteiger partial charge in [0, 0.05) is 21.2 Å². The number of fused-ring (bicyclic) bond motifs is 1. The normalized spacial score (nSPS) is 10.8. The monoisotopic (exact) mass is 226 g/mol. The van der Waals surface area contributed by atoms with Crippen molar-refractivity contribution < 1.29 is 4.74 Å². The van der Waals surface area contributed by atoms with E-state index in [0.29, 0.717) is 0 Å². The fourth-order valence-corrected chi connectivity index (χ4v) is 2.85. The minimum atomic E-state index is 0.803. The molecule has 3 heteroatoms. The van der Waals surface area contributed by atoms with Gasteiger partial charge in [0.25, 0.3) is 0 Å². The van der Waals surface area contributed by atoms with Crippen LogP contribution >= 0.6 is 22.9 Å². The van der Waals surface area contributed by atoms with Crippen LogP contribution in [0.3, 0.4) is 0 Å². The molecule has 0 fully saturated rings. The molecule has 0 radical (unpaired) electrons. The third-order valence-corrected chi connectivity index (χ3v) is 3.77. The number of benzene rings is 1. The molecule has 1 nitrogen and oxygen atoms in total. The van der Waals surface area contributed by atoms with E-state index in [1.54, 1.807) is 18.4 Å². The molecule has 0 saturated heterocycles. The maximum Gasteiger partial charge on any atom is 0.174 e. The Labute approximate surface area is 92.3 Å². The molecule has 2 rings (SSSR count). The highest BCUT2D eigenvalue weighted by Crippen LogP contribution is 2.37. The van der Waals surface area contributed by atoms with Crippen LogP contribution in [0.1, 0.15) is 12.5 Å². The molecule has 0 unspecified atom stereocenters. The molecule has 1 aromatic carbocycles. The van der Waals surface area contributed by atoms with E-state index >= 15 is 0 Å². The minimum absolute atomic E-state index is 0.803. The average Bonchev–Trinajstić information content (AvgIpc) is 2.63. The fourth-order valence-electron chi connectivity index (χ4n) is 1.50. The topological polar surface area (TPSA) is 9.23 Å². The maximum atomic E-state index is 6.11. The first-order chi connectivity index (χ1) is 6.76. The highest BCUT2D eigenvalue weighted by molar-refractivity contribution is 7.21. The van der Waals surface area contributed by atoms with Gasteiger partial charge in [-0.15, -0.1) is 0 Å². The molecule has 0 saturated carbocycles. The van der Waals surface area contributed by atoms with Crippen molar-refractivity contribution in [1.82, 2.24) is 0 Å². The lowest BCUT2D eigenvalue weighted by Crippen LogP contribution is -1.79. The van der Waals surface area contributed by atoms with Crippen molar-refractivity contribution in [2.75, 3.05) is 7.11 Å². The van der Waals surface area contributed by atoms with Crippen molar-refractivity contribution in [2.45, 2.75) is 13.3 Å². The van der Waals surface area contributed by atoms with Gasteiger partial charge in [-0.3, -0.25) is 0 Å². The first-order valence-electron chi connectivity index (χ1n) is 4.51. The summed E-state index contributed by atoms with van der Waals surface area (Å²) in [6.45, 7) is 2.15. The molecule has 1 aromatic heterocycles. The van der Waals surface area contributed by atoms with Gasteiger partial charge in [-0.1, -0.05) is 35.9 Å². The lowest BCUT2D eigenvalue weighted by Gasteiger charge is -1.99. The molecule has 1 heterocycles. The molecule has 0 spiro atoms. The lowest BCUT2D eigenvalue weighted by atomic mass is 10.1. The Bertz CT molecular complexity index is 462. The zero-order valence-corrected chi connectivity index (χ0v) is 9.71. The molecule has 0 amide bonds. The molecule has 0 aliphatic rings. The van der Waals surface area contributed by atoms with E-state index in [-0.39, 0.29) is 0 Å². The zero-order valence-electron chi connectivity index (χ0n) is 8.13. The van der Waals surface area contributed by atoms with Crippen LogP contribution in [0, 0.1) is 0 Å². The number of hydrogen-bond donors (Lipinski definition) is 0. The van der Waals surface area contributed by atoms with Gasteiger partial charge in [0.05, 0.1) is 7.11 Å². The van der Waals surface area contributed by atoms with Crippen molar-refractivity contribution in [3.63, 3.8) is 0 Å². The van der Waals surface area contributed by atoms with Crippen LogP contribution in [0.25, 0.3) is 10.1 Å². The van der Waals surface area contributed by atoms with E-state index in [4.69, 9.17) is 16.3 Å². The van der Waals surface area contributed by atoms with Gasteiger partial charge < -0.3 is 4.74 Å². The number of aryl methyl sites for hydroxylation is 1. The van der Waals surface area contributed by atoms with E-state index < -0.39 is 0 Å². The second-order valence-electron chi connectivity index (χ2n) is 3.07. The third kappa shape index (κ3) is 1.49. The van der Waals surface area contributed by atoms with Crippen LogP contribution in [0.2, 0.25) is 5.02 Å². The lowest BCUT2D eigenvalue weighted by molar-refractivity contribution is 0.427. The minimum Gasteiger partial charge on any atom is -0.487 e. The van der Waals surface area contributed by atoms with Crippen molar-refractivity contribution >= 4 is 33.0 Å². The zero-order chi connectivity index (χ0) is 10.1. The van der Waals surface area contributed by atoms with Gasteiger partial charge in [0.2, 0.25) is 0 Å². The van der Waals surface area contributed by atoms with Gasteiger partial charge in [0.15, 0.2) is 5.06 Å². The number of rotatable bonds is 2. The molecule has 0 aliphatic heterocycles. The Hall–Kier alpha value is -0.730. The van der Waals surface area contributed by atoms with Crippen LogP contribution in [0.5, 0.6) is 5.06 Å². The third-order valence-electron chi connectivity index (χ3n) is 2.27. The molecular formula is C11H11ClOS. The molecule has 0 N–H and O–H groups in total. The van der Waals surface area contributed by atoms with E-state index in [2.05, 4.69) is 13.0 Å². The summed E-state index contributed by atoms with van der Waals surface area (Å²) >= 11 is 7.76. The number of ether oxygens (including phenoxy) is 1. The van der Waals surface area contributed by atoms with E-state index in [1.165, 1.54) is 10.3 Å². The summed E-state index contributed by atoms with van der Waals surface area (Å²) in [5, 5.41) is 2.83. The van der Waals surface area contributed by atoms with Gasteiger partial charge >= 0.3 is 0 Å². The standard InChI is InChI=1S/C11H11ClOS/c1-3-7-4-5-9(12)8-6-10(13-2)14-11(7)8/h4-6H,3H2,1-2H3. The van der Waals surface area contributed by atoms with Crippen molar-refractivity contribution in [2.24, 2.45) is 0 Å². The number of thiophene rings is 1. The molecule has 0 atom stereocenters. The summed E-state index contributed by atoms with van der Waals surface area (Å²) in [5.41, 5.74) is 1.33. The maximum absolute atomic E-state index is 6.11. The highest BCUT2D eigenvalue weighted by Gasteiger charge is 2.08. The molecule has 2 aromatic rings. The van der Waals surface area contributed by atoms with Crippen molar-refractivity contribution in [1.29, 1.82) is 0 Å². The van der Waals surface area contributed by atoms with Crippen molar-refractivity contribution in [3.05, 3.63) is 28.8 Å². The van der Waals surface area contributed by atoms with Gasteiger partial charge in [-0.2, -0.15) is 0 Å². The van der Waals surface area contributed by atoms with Gasteiger partial charge in [-0.05, 0) is 18.1 Å². The SMILES string of the molecule is CCc1ccc(Cl)c2cc(OC)sc12. The first kappa shape index (κ1) is 9.81. The summed E-state index contributed by atoms with van der Waals surface area (Å²) in [5.74, 6) is 0. The molecule has 0 aliphatic carbocycles. The second kappa shape index (κ2) is 3.79. The summed E-state index contributed by atoms with van der Waals surface area (Å²) in [7, 11) is 1.68. The van der Waals surface area contributed by atoms with E-state index in [9.17, 15) is 0 Å². The summed E-state index contributed by atoms with van der Waals surface area (Å²) in [4.78, 5) is 0. The van der Waals surface area contributed by atoms with Gasteiger partial charge in [0.1, 0.15) is 0 Å². The smallest absolute Gasteiger partial charge is 0.174 e. The van der Waals surface area contributed by atoms with Crippen LogP contribution in [-0.2, 0) is 6.42 Å². The Morgan fingerprint density at radius 2 is 2.21 bits per heavy atom. The van der Waals surface area contributed by atoms with Crippen LogP contribution < -0.4 is 4.74 Å². The Kier molecular flexibility index (Phi) is 2.66. The summed E-state index contributed by atoms with van der Waals surface area (Å²) in [6.07, 6.45) is 1.03. The molecular weight excluding hydrogens is 216 g/mol. The summed E-state index contributed by atoms with van der Waals surface area (Å²) < 4.78 is 6.46.